The second-order valence-corrected chi connectivity index (χ2v) is 7.82. The molecule has 0 spiro atoms. The van der Waals surface area contributed by atoms with Gasteiger partial charge >= 0.3 is 0 Å². The number of hydrogen-bond donors (Lipinski definition) is 0. The first-order chi connectivity index (χ1) is 11.9. The minimum absolute atomic E-state index is 0.139. The molecule has 0 saturated heterocycles. The molecule has 0 saturated carbocycles. The molecule has 0 fully saturated rings. The molecule has 6 nitrogen and oxygen atoms in total. The molecule has 0 radical (unpaired) electrons. The van der Waals surface area contributed by atoms with Gasteiger partial charge in [-0.25, -0.2) is 0 Å². The number of hydrogen-bond acceptors (Lipinski definition) is 6. The van der Waals surface area contributed by atoms with Crippen molar-refractivity contribution < 1.29 is 4.42 Å². The molecule has 0 aliphatic rings. The minimum atomic E-state index is 0.139. The fraction of sp³-hybridized carbons (Fsp3) is 0.444. The summed E-state index contributed by atoms with van der Waals surface area (Å²) in [7, 11) is 0. The lowest BCUT2D eigenvalue weighted by Crippen LogP contribution is -2.10. The highest BCUT2D eigenvalue weighted by molar-refractivity contribution is 7.98. The van der Waals surface area contributed by atoms with Gasteiger partial charge in [0.25, 0.3) is 0 Å². The average Bonchev–Trinajstić information content (AvgIpc) is 3.17. The Morgan fingerprint density at radius 1 is 1.04 bits per heavy atom. The summed E-state index contributed by atoms with van der Waals surface area (Å²) in [5.41, 5.74) is 2.52. The van der Waals surface area contributed by atoms with Gasteiger partial charge in [-0.1, -0.05) is 56.8 Å². The van der Waals surface area contributed by atoms with Crippen LogP contribution in [0.3, 0.4) is 0 Å². The summed E-state index contributed by atoms with van der Waals surface area (Å²) in [6.07, 6.45) is 0. The maximum absolute atomic E-state index is 5.41. The number of nitrogens with zero attached hydrogens (tertiary/aromatic N) is 5. The van der Waals surface area contributed by atoms with Crippen LogP contribution in [0.1, 0.15) is 45.0 Å². The van der Waals surface area contributed by atoms with Crippen LogP contribution in [-0.2, 0) is 17.7 Å². The number of benzene rings is 1. The molecule has 0 amide bonds. The van der Waals surface area contributed by atoms with E-state index in [0.717, 1.165) is 23.1 Å². The first kappa shape index (κ1) is 17.7. The predicted molar refractivity (Wildman–Crippen MR) is 98.4 cm³/mol. The van der Waals surface area contributed by atoms with Crippen molar-refractivity contribution in [1.82, 2.24) is 25.0 Å². The molecule has 132 valence electrons. The first-order valence-corrected chi connectivity index (χ1v) is 9.33. The number of thioether (sulfide) groups is 1. The molecule has 3 rings (SSSR count). The topological polar surface area (TPSA) is 69.6 Å². The first-order valence-electron chi connectivity index (χ1n) is 8.34. The van der Waals surface area contributed by atoms with Gasteiger partial charge in [0.1, 0.15) is 0 Å². The van der Waals surface area contributed by atoms with Crippen LogP contribution in [0, 0.1) is 6.92 Å². The fourth-order valence-corrected chi connectivity index (χ4v) is 3.37. The second kappa shape index (κ2) is 7.00. The monoisotopic (exact) mass is 357 g/mol. The maximum atomic E-state index is 5.41. The van der Waals surface area contributed by atoms with Crippen molar-refractivity contribution in [1.29, 1.82) is 0 Å². The summed E-state index contributed by atoms with van der Waals surface area (Å²) in [6.45, 7) is 11.3. The SMILES string of the molecule is CCn1c(SCc2nnc(C)o2)nnc1-c1ccc(C(C)(C)C)cc1. The predicted octanol–water partition coefficient (Wildman–Crippen LogP) is 4.25. The highest BCUT2D eigenvalue weighted by Gasteiger charge is 2.17. The quantitative estimate of drug-likeness (QED) is 0.636. The van der Waals surface area contributed by atoms with Crippen LogP contribution in [0.2, 0.25) is 0 Å². The van der Waals surface area contributed by atoms with Crippen LogP contribution in [-0.4, -0.2) is 25.0 Å². The molecule has 0 atom stereocenters. The van der Waals surface area contributed by atoms with E-state index in [9.17, 15) is 0 Å². The Labute approximate surface area is 152 Å². The zero-order valence-corrected chi connectivity index (χ0v) is 16.1. The third-order valence-electron chi connectivity index (χ3n) is 3.93. The highest BCUT2D eigenvalue weighted by atomic mass is 32.2. The zero-order chi connectivity index (χ0) is 18.0. The van der Waals surface area contributed by atoms with Gasteiger partial charge in [-0.3, -0.25) is 0 Å². The van der Waals surface area contributed by atoms with Gasteiger partial charge in [0.2, 0.25) is 11.8 Å². The Morgan fingerprint density at radius 3 is 2.32 bits per heavy atom. The normalized spacial score (nSPS) is 11.9. The van der Waals surface area contributed by atoms with Crippen LogP contribution >= 0.6 is 11.8 Å². The van der Waals surface area contributed by atoms with Crippen LogP contribution in [0.15, 0.2) is 33.8 Å². The van der Waals surface area contributed by atoms with E-state index in [2.05, 4.69) is 76.9 Å². The number of aromatic nitrogens is 5. The molecule has 3 aromatic rings. The Balaban J connectivity index is 1.81. The summed E-state index contributed by atoms with van der Waals surface area (Å²) in [6, 6.07) is 8.56. The largest absolute Gasteiger partial charge is 0.425 e. The average molecular weight is 357 g/mol. The van der Waals surface area contributed by atoms with Crippen LogP contribution in [0.25, 0.3) is 11.4 Å². The molecule has 1 aromatic carbocycles. The van der Waals surface area contributed by atoms with Gasteiger partial charge in [-0.05, 0) is 17.9 Å². The van der Waals surface area contributed by atoms with Crippen molar-refractivity contribution in [3.05, 3.63) is 41.6 Å². The van der Waals surface area contributed by atoms with Crippen LogP contribution in [0.4, 0.5) is 0 Å². The van der Waals surface area contributed by atoms with Crippen molar-refractivity contribution in [3.8, 4) is 11.4 Å². The van der Waals surface area contributed by atoms with Gasteiger partial charge in [0.15, 0.2) is 11.0 Å². The van der Waals surface area contributed by atoms with Crippen molar-refractivity contribution in [2.75, 3.05) is 0 Å². The maximum Gasteiger partial charge on any atom is 0.226 e. The van der Waals surface area contributed by atoms with Gasteiger partial charge in [0, 0.05) is 19.0 Å². The van der Waals surface area contributed by atoms with Crippen LogP contribution < -0.4 is 0 Å². The Kier molecular flexibility index (Phi) is 4.94. The lowest BCUT2D eigenvalue weighted by Gasteiger charge is -2.19. The molecular formula is C18H23N5OS. The summed E-state index contributed by atoms with van der Waals surface area (Å²) in [5, 5.41) is 17.5. The van der Waals surface area contributed by atoms with Gasteiger partial charge in [-0.15, -0.1) is 20.4 Å². The van der Waals surface area contributed by atoms with E-state index in [1.165, 1.54) is 5.56 Å². The number of rotatable bonds is 5. The second-order valence-electron chi connectivity index (χ2n) is 6.88. The highest BCUT2D eigenvalue weighted by Crippen LogP contribution is 2.28. The van der Waals surface area contributed by atoms with Crippen LogP contribution in [0.5, 0.6) is 0 Å². The Hall–Kier alpha value is -2.15. The molecule has 2 aromatic heterocycles. The van der Waals surface area contributed by atoms with E-state index in [1.807, 2.05) is 0 Å². The molecule has 7 heteroatoms. The van der Waals surface area contributed by atoms with E-state index in [1.54, 1.807) is 18.7 Å². The Bertz CT molecular complexity index is 845. The molecule has 0 aliphatic heterocycles. The summed E-state index contributed by atoms with van der Waals surface area (Å²) in [4.78, 5) is 0. The lowest BCUT2D eigenvalue weighted by molar-refractivity contribution is 0.485. The van der Waals surface area contributed by atoms with E-state index >= 15 is 0 Å². The molecule has 0 unspecified atom stereocenters. The summed E-state index contributed by atoms with van der Waals surface area (Å²) >= 11 is 1.55. The molecule has 25 heavy (non-hydrogen) atoms. The third-order valence-corrected chi connectivity index (χ3v) is 4.89. The zero-order valence-electron chi connectivity index (χ0n) is 15.3. The lowest BCUT2D eigenvalue weighted by atomic mass is 9.87. The van der Waals surface area contributed by atoms with Gasteiger partial charge < -0.3 is 8.98 Å². The third kappa shape index (κ3) is 3.92. The van der Waals surface area contributed by atoms with Gasteiger partial charge in [0.05, 0.1) is 5.75 Å². The molecule has 0 N–H and O–H groups in total. The van der Waals surface area contributed by atoms with E-state index in [0.29, 0.717) is 17.5 Å². The van der Waals surface area contributed by atoms with Crippen molar-refractivity contribution in [2.45, 2.75) is 57.5 Å². The van der Waals surface area contributed by atoms with Gasteiger partial charge in [-0.2, -0.15) is 0 Å². The molecule has 0 bridgehead atoms. The van der Waals surface area contributed by atoms with Crippen molar-refractivity contribution in [3.63, 3.8) is 0 Å². The molecular weight excluding hydrogens is 334 g/mol. The van der Waals surface area contributed by atoms with E-state index in [-0.39, 0.29) is 5.41 Å². The Morgan fingerprint density at radius 2 is 1.76 bits per heavy atom. The minimum Gasteiger partial charge on any atom is -0.425 e. The fourth-order valence-electron chi connectivity index (χ4n) is 2.54. The van der Waals surface area contributed by atoms with E-state index < -0.39 is 0 Å². The van der Waals surface area contributed by atoms with Crippen molar-refractivity contribution >= 4 is 11.8 Å². The molecule has 2 heterocycles. The van der Waals surface area contributed by atoms with E-state index in [4.69, 9.17) is 4.42 Å². The number of aryl methyl sites for hydroxylation is 1. The molecule has 0 aliphatic carbocycles. The van der Waals surface area contributed by atoms with Crippen molar-refractivity contribution in [2.24, 2.45) is 0 Å². The summed E-state index contributed by atoms with van der Waals surface area (Å²) in [5.74, 6) is 2.64. The summed E-state index contributed by atoms with van der Waals surface area (Å²) < 4.78 is 7.53. The smallest absolute Gasteiger partial charge is 0.226 e. The standard InChI is InChI=1S/C18H23N5OS/c1-6-23-16(13-7-9-14(10-8-13)18(3,4)5)21-22-17(23)25-11-15-20-19-12(2)24-15/h7-10H,6,11H2,1-5H3.